The molecule has 1 aliphatic heterocycles. The number of amides is 2. The summed E-state index contributed by atoms with van der Waals surface area (Å²) in [5.41, 5.74) is 5.87. The Hall–Kier alpha value is -3.28. The van der Waals surface area contributed by atoms with E-state index < -0.39 is 0 Å². The lowest BCUT2D eigenvalue weighted by atomic mass is 9.82. The smallest absolute Gasteiger partial charge is 0.318 e. The van der Waals surface area contributed by atoms with E-state index in [0.29, 0.717) is 25.6 Å². The molecule has 0 unspecified atom stereocenters. The molecule has 35 heavy (non-hydrogen) atoms. The lowest BCUT2D eigenvalue weighted by Gasteiger charge is -2.37. The Kier molecular flexibility index (Phi) is 6.80. The van der Waals surface area contributed by atoms with E-state index in [1.807, 2.05) is 17.9 Å². The molecule has 6 nitrogen and oxygen atoms in total. The predicted molar refractivity (Wildman–Crippen MR) is 137 cm³/mol. The Morgan fingerprint density at radius 3 is 2.54 bits per heavy atom. The fourth-order valence-corrected chi connectivity index (χ4v) is 5.75. The molecule has 1 fully saturated rings. The van der Waals surface area contributed by atoms with Crippen LogP contribution in [-0.2, 0) is 16.0 Å². The average molecular weight is 474 g/mol. The Balaban J connectivity index is 1.31. The predicted octanol–water partition coefficient (Wildman–Crippen LogP) is 5.50. The van der Waals surface area contributed by atoms with Crippen LogP contribution in [0.3, 0.4) is 0 Å². The number of hydrogen-bond donors (Lipinski definition) is 2. The number of para-hydroxylation sites is 1. The van der Waals surface area contributed by atoms with Crippen LogP contribution in [0, 0.1) is 18.8 Å². The summed E-state index contributed by atoms with van der Waals surface area (Å²) in [6.45, 7) is 5.69. The number of ether oxygens (including phenoxy) is 1. The van der Waals surface area contributed by atoms with E-state index in [4.69, 9.17) is 4.74 Å². The van der Waals surface area contributed by atoms with E-state index in [1.165, 1.54) is 16.5 Å². The lowest BCUT2D eigenvalue weighted by Crippen LogP contribution is -2.47. The molecule has 2 N–H and O–H groups in total. The van der Waals surface area contributed by atoms with Gasteiger partial charge in [0, 0.05) is 29.7 Å². The van der Waals surface area contributed by atoms with Crippen molar-refractivity contribution in [2.75, 3.05) is 19.7 Å². The molecule has 184 valence electrons. The number of hydrogen-bond acceptors (Lipinski definition) is 3. The van der Waals surface area contributed by atoms with E-state index in [9.17, 15) is 9.59 Å². The monoisotopic (exact) mass is 473 g/mol. The van der Waals surface area contributed by atoms with Crippen molar-refractivity contribution in [2.45, 2.75) is 52.0 Å². The number of nitrogens with zero attached hydrogens (tertiary/aromatic N) is 1. The quantitative estimate of drug-likeness (QED) is 0.480. The van der Waals surface area contributed by atoms with Gasteiger partial charge in [0.2, 0.25) is 0 Å². The van der Waals surface area contributed by atoms with Crippen LogP contribution in [0.15, 0.2) is 48.5 Å². The van der Waals surface area contributed by atoms with Gasteiger partial charge >= 0.3 is 12.0 Å². The summed E-state index contributed by atoms with van der Waals surface area (Å²) in [4.78, 5) is 31.1. The van der Waals surface area contributed by atoms with Crippen molar-refractivity contribution in [3.05, 3.63) is 70.9 Å². The van der Waals surface area contributed by atoms with E-state index in [0.717, 1.165) is 48.9 Å². The van der Waals surface area contributed by atoms with Crippen molar-refractivity contribution in [3.8, 4) is 0 Å². The fourth-order valence-electron chi connectivity index (χ4n) is 5.75. The topological polar surface area (TPSA) is 74.4 Å². The first-order valence-corrected chi connectivity index (χ1v) is 12.9. The van der Waals surface area contributed by atoms with Gasteiger partial charge in [0.1, 0.15) is 0 Å². The minimum atomic E-state index is -0.147. The van der Waals surface area contributed by atoms with Crippen molar-refractivity contribution >= 4 is 22.9 Å². The second-order valence-electron chi connectivity index (χ2n) is 9.98. The minimum Gasteiger partial charge on any atom is -0.466 e. The van der Waals surface area contributed by atoms with Gasteiger partial charge in [-0.15, -0.1) is 0 Å². The largest absolute Gasteiger partial charge is 0.466 e. The van der Waals surface area contributed by atoms with E-state index in [2.05, 4.69) is 59.7 Å². The Bertz CT molecular complexity index is 1190. The molecule has 3 aromatic rings. The number of aromatic nitrogens is 1. The zero-order valence-electron chi connectivity index (χ0n) is 20.7. The maximum atomic E-state index is 13.5. The minimum absolute atomic E-state index is 0.00958. The van der Waals surface area contributed by atoms with Gasteiger partial charge in [0.15, 0.2) is 0 Å². The standard InChI is InChI=1S/C29H35N3O3/c1-3-35-28(33)22-14-10-20(11-15-22)18-30-29(34)32-17-16-24-23-6-4-5-7-25(23)31-26(24)27(32)21-12-8-19(2)9-13-21/h4-9,12-13,20,22,27,31H,3,10-11,14-18H2,1-2H3,(H,30,34)/t20?,22?,27-/m1/s1. The Morgan fingerprint density at radius 2 is 1.80 bits per heavy atom. The van der Waals surface area contributed by atoms with Crippen molar-refractivity contribution in [3.63, 3.8) is 0 Å². The number of nitrogens with one attached hydrogen (secondary N) is 2. The van der Waals surface area contributed by atoms with Gasteiger partial charge in [-0.25, -0.2) is 4.79 Å². The third kappa shape index (κ3) is 4.79. The van der Waals surface area contributed by atoms with Crippen LogP contribution in [0.25, 0.3) is 10.9 Å². The van der Waals surface area contributed by atoms with Gasteiger partial charge in [0.05, 0.1) is 18.6 Å². The molecule has 1 aliphatic carbocycles. The molecule has 1 aromatic heterocycles. The Morgan fingerprint density at radius 1 is 1.06 bits per heavy atom. The number of esters is 1. The number of fused-ring (bicyclic) bond motifs is 3. The maximum absolute atomic E-state index is 13.5. The summed E-state index contributed by atoms with van der Waals surface area (Å²) >= 11 is 0. The third-order valence-electron chi connectivity index (χ3n) is 7.70. The summed E-state index contributed by atoms with van der Waals surface area (Å²) in [5, 5.41) is 4.47. The number of carbonyl (C=O) groups is 2. The van der Waals surface area contributed by atoms with Gasteiger partial charge < -0.3 is 19.9 Å². The van der Waals surface area contributed by atoms with Crippen molar-refractivity contribution in [2.24, 2.45) is 11.8 Å². The van der Waals surface area contributed by atoms with Gasteiger partial charge in [0.25, 0.3) is 0 Å². The SMILES string of the molecule is CCOC(=O)C1CCC(CNC(=O)N2CCc3c([nH]c4ccccc34)[C@H]2c2ccc(C)cc2)CC1. The van der Waals surface area contributed by atoms with Gasteiger partial charge in [-0.2, -0.15) is 0 Å². The molecule has 0 spiro atoms. The number of aryl methyl sites for hydroxylation is 1. The highest BCUT2D eigenvalue weighted by atomic mass is 16.5. The van der Waals surface area contributed by atoms with Crippen LogP contribution < -0.4 is 5.32 Å². The van der Waals surface area contributed by atoms with E-state index >= 15 is 0 Å². The highest BCUT2D eigenvalue weighted by Crippen LogP contribution is 2.38. The number of carbonyl (C=O) groups excluding carboxylic acids is 2. The first-order chi connectivity index (χ1) is 17.0. The number of urea groups is 1. The van der Waals surface area contributed by atoms with E-state index in [-0.39, 0.29) is 24.0 Å². The summed E-state index contributed by atoms with van der Waals surface area (Å²) in [5.74, 6) is 0.338. The van der Waals surface area contributed by atoms with Crippen LogP contribution in [0.2, 0.25) is 0 Å². The molecule has 6 heteroatoms. The molecule has 0 bridgehead atoms. The third-order valence-corrected chi connectivity index (χ3v) is 7.70. The zero-order chi connectivity index (χ0) is 24.4. The number of H-pyrrole nitrogens is 1. The number of benzene rings is 2. The van der Waals surface area contributed by atoms with Crippen LogP contribution in [0.4, 0.5) is 4.79 Å². The van der Waals surface area contributed by atoms with Crippen molar-refractivity contribution < 1.29 is 14.3 Å². The highest BCUT2D eigenvalue weighted by molar-refractivity contribution is 5.86. The second-order valence-corrected chi connectivity index (χ2v) is 9.98. The normalized spacial score (nSPS) is 22.0. The molecule has 5 rings (SSSR count). The van der Waals surface area contributed by atoms with Gasteiger partial charge in [-0.1, -0.05) is 48.0 Å². The second kappa shape index (κ2) is 10.1. The molecule has 1 atom stereocenters. The molecule has 2 aromatic carbocycles. The Labute approximate surface area is 207 Å². The first kappa shape index (κ1) is 23.5. The summed E-state index contributed by atoms with van der Waals surface area (Å²) in [6.07, 6.45) is 4.40. The van der Waals surface area contributed by atoms with Crippen LogP contribution in [0.1, 0.15) is 61.0 Å². The molecule has 2 amide bonds. The maximum Gasteiger partial charge on any atom is 0.318 e. The lowest BCUT2D eigenvalue weighted by molar-refractivity contribution is -0.149. The number of rotatable bonds is 5. The molecule has 2 aliphatic rings. The summed E-state index contributed by atoms with van der Waals surface area (Å²) in [7, 11) is 0. The van der Waals surface area contributed by atoms with Crippen LogP contribution >= 0.6 is 0 Å². The molecule has 0 saturated heterocycles. The molecular weight excluding hydrogens is 438 g/mol. The zero-order valence-corrected chi connectivity index (χ0v) is 20.7. The molecule has 2 heterocycles. The molecule has 0 radical (unpaired) electrons. The van der Waals surface area contributed by atoms with Crippen LogP contribution in [-0.4, -0.2) is 41.6 Å². The summed E-state index contributed by atoms with van der Waals surface area (Å²) < 4.78 is 5.19. The molecular formula is C29H35N3O3. The van der Waals surface area contributed by atoms with Crippen molar-refractivity contribution in [1.82, 2.24) is 15.2 Å². The van der Waals surface area contributed by atoms with Gasteiger partial charge in [-0.05, 0) is 69.1 Å². The average Bonchev–Trinajstić information content (AvgIpc) is 3.26. The van der Waals surface area contributed by atoms with Gasteiger partial charge in [-0.3, -0.25) is 4.79 Å². The summed E-state index contributed by atoms with van der Waals surface area (Å²) in [6, 6.07) is 16.7. The fraction of sp³-hybridized carbons (Fsp3) is 0.448. The highest BCUT2D eigenvalue weighted by Gasteiger charge is 2.35. The van der Waals surface area contributed by atoms with Crippen LogP contribution in [0.5, 0.6) is 0 Å². The van der Waals surface area contributed by atoms with Crippen molar-refractivity contribution in [1.29, 1.82) is 0 Å². The molecule has 1 saturated carbocycles. The first-order valence-electron chi connectivity index (χ1n) is 12.9. The van der Waals surface area contributed by atoms with E-state index in [1.54, 1.807) is 0 Å². The number of aromatic amines is 1.